The molecule has 0 atom stereocenters. The Balaban J connectivity index is 1.56. The molecular weight excluding hydrogens is 289 g/mol. The first-order chi connectivity index (χ1) is 11.2. The van der Waals surface area contributed by atoms with E-state index < -0.39 is 5.82 Å². The molecule has 3 heteroatoms. The molecule has 1 aliphatic rings. The molecule has 2 nitrogen and oxygen atoms in total. The number of halogens is 1. The van der Waals surface area contributed by atoms with Crippen molar-refractivity contribution < 1.29 is 9.50 Å². The molecule has 1 aliphatic carbocycles. The van der Waals surface area contributed by atoms with E-state index in [4.69, 9.17) is 0 Å². The molecule has 0 unspecified atom stereocenters. The van der Waals surface area contributed by atoms with Crippen LogP contribution >= 0.6 is 0 Å². The van der Waals surface area contributed by atoms with E-state index >= 15 is 0 Å². The molecule has 1 saturated carbocycles. The standard InChI is InChI=1S/C20H24FNO/c21-20-18(7-4-8-19(20)23)12-14-22(15-17-9-10-17)13-11-16-5-2-1-3-6-16/h1-8,17,23H,9-15H2. The third-order valence-electron chi connectivity index (χ3n) is 4.53. The van der Waals surface area contributed by atoms with E-state index in [1.807, 2.05) is 6.07 Å². The van der Waals surface area contributed by atoms with Crippen molar-refractivity contribution in [1.29, 1.82) is 0 Å². The highest BCUT2D eigenvalue weighted by Gasteiger charge is 2.24. The second kappa shape index (κ2) is 7.60. The molecule has 0 radical (unpaired) electrons. The van der Waals surface area contributed by atoms with Crippen LogP contribution in [0.5, 0.6) is 5.75 Å². The highest BCUT2D eigenvalue weighted by atomic mass is 19.1. The molecule has 3 rings (SSSR count). The van der Waals surface area contributed by atoms with E-state index in [0.29, 0.717) is 12.0 Å². The van der Waals surface area contributed by atoms with E-state index in [1.165, 1.54) is 24.5 Å². The Morgan fingerprint density at radius 1 is 0.957 bits per heavy atom. The molecule has 2 aromatic carbocycles. The van der Waals surface area contributed by atoms with Gasteiger partial charge in [0.05, 0.1) is 0 Å². The van der Waals surface area contributed by atoms with Gasteiger partial charge in [-0.2, -0.15) is 0 Å². The van der Waals surface area contributed by atoms with Crippen molar-refractivity contribution in [3.63, 3.8) is 0 Å². The maximum atomic E-state index is 13.9. The number of nitrogens with zero attached hydrogens (tertiary/aromatic N) is 1. The Labute approximate surface area is 137 Å². The summed E-state index contributed by atoms with van der Waals surface area (Å²) >= 11 is 0. The van der Waals surface area contributed by atoms with E-state index in [0.717, 1.165) is 32.0 Å². The van der Waals surface area contributed by atoms with Gasteiger partial charge in [0.2, 0.25) is 0 Å². The first-order valence-corrected chi connectivity index (χ1v) is 8.45. The Morgan fingerprint density at radius 3 is 2.43 bits per heavy atom. The minimum atomic E-state index is -0.470. The quantitative estimate of drug-likeness (QED) is 0.795. The van der Waals surface area contributed by atoms with Gasteiger partial charge in [0.15, 0.2) is 11.6 Å². The number of hydrogen-bond donors (Lipinski definition) is 1. The van der Waals surface area contributed by atoms with Crippen molar-refractivity contribution in [3.05, 3.63) is 65.5 Å². The normalized spacial score (nSPS) is 14.3. The summed E-state index contributed by atoms with van der Waals surface area (Å²) in [5.74, 6) is 0.0993. The third kappa shape index (κ3) is 4.80. The molecule has 0 aromatic heterocycles. The zero-order valence-corrected chi connectivity index (χ0v) is 13.4. The molecule has 2 aromatic rings. The minimum absolute atomic E-state index is 0.250. The lowest BCUT2D eigenvalue weighted by Gasteiger charge is -2.22. The molecule has 122 valence electrons. The molecule has 1 fully saturated rings. The van der Waals surface area contributed by atoms with Crippen LogP contribution in [-0.2, 0) is 12.8 Å². The van der Waals surface area contributed by atoms with Crippen LogP contribution in [0.2, 0.25) is 0 Å². The summed E-state index contributed by atoms with van der Waals surface area (Å²) < 4.78 is 13.9. The summed E-state index contributed by atoms with van der Waals surface area (Å²) in [7, 11) is 0. The average Bonchev–Trinajstić information content (AvgIpc) is 3.38. The lowest BCUT2D eigenvalue weighted by molar-refractivity contribution is 0.268. The Morgan fingerprint density at radius 2 is 1.70 bits per heavy atom. The SMILES string of the molecule is Oc1cccc(CCN(CCc2ccccc2)CC2CC2)c1F. The number of benzene rings is 2. The van der Waals surface area contributed by atoms with Crippen molar-refractivity contribution in [2.75, 3.05) is 19.6 Å². The van der Waals surface area contributed by atoms with Crippen LogP contribution in [0, 0.1) is 11.7 Å². The number of hydrogen-bond acceptors (Lipinski definition) is 2. The minimum Gasteiger partial charge on any atom is -0.505 e. The van der Waals surface area contributed by atoms with Crippen molar-refractivity contribution in [2.45, 2.75) is 25.7 Å². The predicted molar refractivity (Wildman–Crippen MR) is 91.1 cm³/mol. The topological polar surface area (TPSA) is 23.5 Å². The molecule has 1 N–H and O–H groups in total. The van der Waals surface area contributed by atoms with Crippen molar-refractivity contribution in [1.82, 2.24) is 4.90 Å². The summed E-state index contributed by atoms with van der Waals surface area (Å²) in [6.45, 7) is 2.94. The largest absolute Gasteiger partial charge is 0.505 e. The number of aromatic hydroxyl groups is 1. The second-order valence-electron chi connectivity index (χ2n) is 6.48. The second-order valence-corrected chi connectivity index (χ2v) is 6.48. The maximum absolute atomic E-state index is 13.9. The van der Waals surface area contributed by atoms with Crippen LogP contribution in [0.25, 0.3) is 0 Å². The van der Waals surface area contributed by atoms with Gasteiger partial charge in [-0.25, -0.2) is 4.39 Å². The molecule has 0 saturated heterocycles. The fourth-order valence-electron chi connectivity index (χ4n) is 2.93. The molecule has 0 aliphatic heterocycles. The van der Waals surface area contributed by atoms with E-state index in [-0.39, 0.29) is 5.75 Å². The van der Waals surface area contributed by atoms with Crippen molar-refractivity contribution >= 4 is 0 Å². The lowest BCUT2D eigenvalue weighted by atomic mass is 10.1. The first-order valence-electron chi connectivity index (χ1n) is 8.45. The molecule has 0 heterocycles. The van der Waals surface area contributed by atoms with Crippen molar-refractivity contribution in [2.24, 2.45) is 5.92 Å². The predicted octanol–water partition coefficient (Wildman–Crippen LogP) is 4.03. The first kappa shape index (κ1) is 16.0. The van der Waals surface area contributed by atoms with Gasteiger partial charge in [-0.15, -0.1) is 0 Å². The van der Waals surface area contributed by atoms with Crippen LogP contribution in [-0.4, -0.2) is 29.6 Å². The highest BCUT2D eigenvalue weighted by molar-refractivity contribution is 5.30. The average molecular weight is 313 g/mol. The Hall–Kier alpha value is -1.87. The number of phenols is 1. The number of phenolic OH excluding ortho intramolecular Hbond substituents is 1. The fourth-order valence-corrected chi connectivity index (χ4v) is 2.93. The zero-order valence-electron chi connectivity index (χ0n) is 13.4. The van der Waals surface area contributed by atoms with Gasteiger partial charge < -0.3 is 10.0 Å². The summed E-state index contributed by atoms with van der Waals surface area (Å²) in [6, 6.07) is 15.4. The molecule has 0 bridgehead atoms. The number of rotatable bonds is 8. The summed E-state index contributed by atoms with van der Waals surface area (Å²) in [4.78, 5) is 2.44. The Bertz CT molecular complexity index is 625. The van der Waals surface area contributed by atoms with Crippen LogP contribution in [0.15, 0.2) is 48.5 Å². The lowest BCUT2D eigenvalue weighted by Crippen LogP contribution is -2.30. The van der Waals surface area contributed by atoms with Crippen LogP contribution in [0.4, 0.5) is 4.39 Å². The van der Waals surface area contributed by atoms with Crippen LogP contribution in [0.3, 0.4) is 0 Å². The van der Waals surface area contributed by atoms with Gasteiger partial charge in [0.25, 0.3) is 0 Å². The molecule has 0 spiro atoms. The van der Waals surface area contributed by atoms with E-state index in [2.05, 4.69) is 29.2 Å². The third-order valence-corrected chi connectivity index (χ3v) is 4.53. The smallest absolute Gasteiger partial charge is 0.168 e. The van der Waals surface area contributed by atoms with E-state index in [9.17, 15) is 9.50 Å². The van der Waals surface area contributed by atoms with Crippen molar-refractivity contribution in [3.8, 4) is 5.75 Å². The zero-order chi connectivity index (χ0) is 16.1. The maximum Gasteiger partial charge on any atom is 0.168 e. The molecule has 0 amide bonds. The summed E-state index contributed by atoms with van der Waals surface area (Å²) in [5, 5.41) is 9.48. The molecule has 23 heavy (non-hydrogen) atoms. The summed E-state index contributed by atoms with van der Waals surface area (Å²) in [6.07, 6.45) is 4.31. The van der Waals surface area contributed by atoms with Gasteiger partial charge >= 0.3 is 0 Å². The van der Waals surface area contributed by atoms with Crippen LogP contribution < -0.4 is 0 Å². The Kier molecular flexibility index (Phi) is 5.29. The fraction of sp³-hybridized carbons (Fsp3) is 0.400. The van der Waals surface area contributed by atoms with Gasteiger partial charge in [0, 0.05) is 19.6 Å². The van der Waals surface area contributed by atoms with E-state index in [1.54, 1.807) is 12.1 Å². The molecular formula is C20H24FNO. The monoisotopic (exact) mass is 313 g/mol. The summed E-state index contributed by atoms with van der Waals surface area (Å²) in [5.41, 5.74) is 1.95. The highest BCUT2D eigenvalue weighted by Crippen LogP contribution is 2.30. The van der Waals surface area contributed by atoms with Gasteiger partial charge in [-0.05, 0) is 48.8 Å². The van der Waals surface area contributed by atoms with Gasteiger partial charge in [-0.1, -0.05) is 42.5 Å². The van der Waals surface area contributed by atoms with Crippen LogP contribution in [0.1, 0.15) is 24.0 Å². The van der Waals surface area contributed by atoms with Gasteiger partial charge in [0.1, 0.15) is 0 Å². The van der Waals surface area contributed by atoms with Gasteiger partial charge in [-0.3, -0.25) is 0 Å².